The average Bonchev–Trinajstić information content (AvgIpc) is 3.18. The first kappa shape index (κ1) is 18.3. The summed E-state index contributed by atoms with van der Waals surface area (Å²) in [5.74, 6) is 0.697. The zero-order chi connectivity index (χ0) is 20.2. The van der Waals surface area contributed by atoms with Crippen molar-refractivity contribution in [2.24, 2.45) is 7.05 Å². The molecule has 3 heterocycles. The predicted octanol–water partition coefficient (Wildman–Crippen LogP) is 2.79. The largest absolute Gasteiger partial charge is 0.332 e. The molecule has 0 aliphatic heterocycles. The molecule has 3 aromatic heterocycles. The smallest absolute Gasteiger partial charge is 0.311 e. The molecule has 0 saturated heterocycles. The second kappa shape index (κ2) is 6.51. The van der Waals surface area contributed by atoms with Crippen molar-refractivity contribution in [1.82, 2.24) is 23.1 Å². The van der Waals surface area contributed by atoms with E-state index in [-0.39, 0.29) is 23.8 Å². The van der Waals surface area contributed by atoms with Crippen molar-refractivity contribution < 1.29 is 0 Å². The second-order valence-electron chi connectivity index (χ2n) is 7.51. The van der Waals surface area contributed by atoms with Crippen molar-refractivity contribution in [3.05, 3.63) is 68.1 Å². The molecule has 0 saturated carbocycles. The van der Waals surface area contributed by atoms with Crippen LogP contribution in [0.2, 0.25) is 0 Å². The maximum atomic E-state index is 13.3. The minimum atomic E-state index is -0.353. The van der Waals surface area contributed by atoms with Crippen molar-refractivity contribution in [3.63, 3.8) is 0 Å². The summed E-state index contributed by atoms with van der Waals surface area (Å²) in [6, 6.07) is 8.05. The summed E-state index contributed by atoms with van der Waals surface area (Å²) in [6.45, 7) is 8.49. The standard InChI is InChI=1S/C21H25N5O2/c1-6-14(3)26-15(4)11-24-17-18(22-20(24)26)23(5)21(28)25(19(17)27)12-16-10-8-7-9-13(16)2/h7-11,14H,6,12H2,1-5H3/t14-/m0/s1. The third-order valence-corrected chi connectivity index (χ3v) is 5.69. The van der Waals surface area contributed by atoms with Crippen molar-refractivity contribution in [2.75, 3.05) is 0 Å². The van der Waals surface area contributed by atoms with Crippen LogP contribution in [-0.2, 0) is 13.6 Å². The van der Waals surface area contributed by atoms with Gasteiger partial charge in [0.15, 0.2) is 11.2 Å². The number of nitrogens with zero attached hydrogens (tertiary/aromatic N) is 5. The van der Waals surface area contributed by atoms with Crippen LogP contribution in [0.4, 0.5) is 0 Å². The van der Waals surface area contributed by atoms with E-state index in [2.05, 4.69) is 23.4 Å². The first-order valence-electron chi connectivity index (χ1n) is 9.59. The number of fused-ring (bicyclic) bond motifs is 3. The highest BCUT2D eigenvalue weighted by Gasteiger charge is 2.21. The Morgan fingerprint density at radius 2 is 1.86 bits per heavy atom. The molecule has 0 amide bonds. The highest BCUT2D eigenvalue weighted by molar-refractivity contribution is 5.75. The molecule has 0 bridgehead atoms. The molecule has 0 N–H and O–H groups in total. The van der Waals surface area contributed by atoms with Gasteiger partial charge in [0.05, 0.1) is 6.54 Å². The topological polar surface area (TPSA) is 66.2 Å². The molecule has 0 aliphatic carbocycles. The van der Waals surface area contributed by atoms with Crippen LogP contribution >= 0.6 is 0 Å². The molecule has 7 heteroatoms. The zero-order valence-corrected chi connectivity index (χ0v) is 16.9. The SMILES string of the molecule is CC[C@H](C)n1c(C)cn2c3c(=O)n(Cc4ccccc4C)c(=O)n(C)c3nc12. The first-order chi connectivity index (χ1) is 13.3. The third-order valence-electron chi connectivity index (χ3n) is 5.69. The van der Waals surface area contributed by atoms with Crippen molar-refractivity contribution in [2.45, 2.75) is 46.7 Å². The van der Waals surface area contributed by atoms with Gasteiger partial charge in [0.2, 0.25) is 5.78 Å². The van der Waals surface area contributed by atoms with Gasteiger partial charge in [0.25, 0.3) is 5.56 Å². The van der Waals surface area contributed by atoms with Crippen LogP contribution in [0.25, 0.3) is 16.9 Å². The lowest BCUT2D eigenvalue weighted by molar-refractivity contribution is 0.532. The van der Waals surface area contributed by atoms with Crippen LogP contribution in [-0.4, -0.2) is 23.1 Å². The van der Waals surface area contributed by atoms with Gasteiger partial charge in [0.1, 0.15) is 0 Å². The molecule has 0 unspecified atom stereocenters. The van der Waals surface area contributed by atoms with Crippen LogP contribution in [0, 0.1) is 13.8 Å². The average molecular weight is 379 g/mol. The van der Waals surface area contributed by atoms with Gasteiger partial charge in [0, 0.05) is 25.0 Å². The molecular weight excluding hydrogens is 354 g/mol. The molecular formula is C21H25N5O2. The van der Waals surface area contributed by atoms with Gasteiger partial charge in [-0.25, -0.2) is 4.79 Å². The molecule has 28 heavy (non-hydrogen) atoms. The Morgan fingerprint density at radius 1 is 1.14 bits per heavy atom. The number of aromatic nitrogens is 5. The number of benzene rings is 1. The van der Waals surface area contributed by atoms with Crippen LogP contribution in [0.1, 0.15) is 43.1 Å². The lowest BCUT2D eigenvalue weighted by Crippen LogP contribution is -2.39. The van der Waals surface area contributed by atoms with Crippen LogP contribution < -0.4 is 11.2 Å². The fourth-order valence-electron chi connectivity index (χ4n) is 3.85. The monoisotopic (exact) mass is 379 g/mol. The van der Waals surface area contributed by atoms with E-state index < -0.39 is 0 Å². The van der Waals surface area contributed by atoms with Crippen LogP contribution in [0.3, 0.4) is 0 Å². The van der Waals surface area contributed by atoms with E-state index in [0.717, 1.165) is 23.2 Å². The molecule has 1 aromatic carbocycles. The van der Waals surface area contributed by atoms with Gasteiger partial charge in [-0.3, -0.25) is 18.3 Å². The highest BCUT2D eigenvalue weighted by Crippen LogP contribution is 2.22. The number of hydrogen-bond donors (Lipinski definition) is 0. The molecule has 7 nitrogen and oxygen atoms in total. The Kier molecular flexibility index (Phi) is 4.25. The van der Waals surface area contributed by atoms with Crippen LogP contribution in [0.5, 0.6) is 0 Å². The molecule has 1 atom stereocenters. The number of hydrogen-bond acceptors (Lipinski definition) is 3. The van der Waals surface area contributed by atoms with E-state index in [4.69, 9.17) is 0 Å². The Bertz CT molecular complexity index is 1320. The van der Waals surface area contributed by atoms with E-state index in [1.807, 2.05) is 48.7 Å². The molecule has 4 rings (SSSR count). The van der Waals surface area contributed by atoms with E-state index >= 15 is 0 Å². The zero-order valence-electron chi connectivity index (χ0n) is 16.9. The number of imidazole rings is 2. The lowest BCUT2D eigenvalue weighted by atomic mass is 10.1. The molecule has 0 radical (unpaired) electrons. The molecule has 0 aliphatic rings. The Balaban J connectivity index is 2.04. The van der Waals surface area contributed by atoms with E-state index in [1.165, 1.54) is 9.13 Å². The number of rotatable bonds is 4. The number of aryl methyl sites for hydroxylation is 3. The summed E-state index contributed by atoms with van der Waals surface area (Å²) in [7, 11) is 1.67. The van der Waals surface area contributed by atoms with Gasteiger partial charge < -0.3 is 4.57 Å². The first-order valence-corrected chi connectivity index (χ1v) is 9.59. The van der Waals surface area contributed by atoms with Gasteiger partial charge in [-0.15, -0.1) is 0 Å². The predicted molar refractivity (Wildman–Crippen MR) is 110 cm³/mol. The van der Waals surface area contributed by atoms with Gasteiger partial charge in [-0.2, -0.15) is 4.98 Å². The Labute approximate surface area is 162 Å². The Morgan fingerprint density at radius 3 is 2.54 bits per heavy atom. The molecule has 146 valence electrons. The van der Waals surface area contributed by atoms with Gasteiger partial charge >= 0.3 is 5.69 Å². The lowest BCUT2D eigenvalue weighted by Gasteiger charge is -2.12. The summed E-state index contributed by atoms with van der Waals surface area (Å²) in [4.78, 5) is 30.9. The summed E-state index contributed by atoms with van der Waals surface area (Å²) in [5, 5.41) is 0. The van der Waals surface area contributed by atoms with Crippen molar-refractivity contribution in [3.8, 4) is 0 Å². The van der Waals surface area contributed by atoms with Gasteiger partial charge in [-0.1, -0.05) is 31.2 Å². The fraction of sp³-hybridized carbons (Fsp3) is 0.381. The van der Waals surface area contributed by atoms with E-state index in [9.17, 15) is 9.59 Å². The van der Waals surface area contributed by atoms with Crippen LogP contribution in [0.15, 0.2) is 40.1 Å². The second-order valence-corrected chi connectivity index (χ2v) is 7.51. The molecule has 4 aromatic rings. The summed E-state index contributed by atoms with van der Waals surface area (Å²) >= 11 is 0. The summed E-state index contributed by atoms with van der Waals surface area (Å²) in [5.41, 5.74) is 3.24. The van der Waals surface area contributed by atoms with E-state index in [0.29, 0.717) is 16.9 Å². The highest BCUT2D eigenvalue weighted by atomic mass is 16.2. The molecule has 0 fully saturated rings. The van der Waals surface area contributed by atoms with Crippen molar-refractivity contribution in [1.29, 1.82) is 0 Å². The summed E-state index contributed by atoms with van der Waals surface area (Å²) in [6.07, 6.45) is 2.88. The Hall–Kier alpha value is -3.09. The van der Waals surface area contributed by atoms with E-state index in [1.54, 1.807) is 7.05 Å². The summed E-state index contributed by atoms with van der Waals surface area (Å²) < 4.78 is 6.72. The third kappa shape index (κ3) is 2.53. The quantitative estimate of drug-likeness (QED) is 0.548. The minimum absolute atomic E-state index is 0.242. The maximum Gasteiger partial charge on any atom is 0.332 e. The maximum absolute atomic E-state index is 13.3. The molecule has 0 spiro atoms. The normalized spacial score (nSPS) is 12.9. The van der Waals surface area contributed by atoms with Gasteiger partial charge in [-0.05, 0) is 38.3 Å². The minimum Gasteiger partial charge on any atom is -0.311 e. The van der Waals surface area contributed by atoms with Crippen molar-refractivity contribution >= 4 is 16.9 Å². The fourth-order valence-corrected chi connectivity index (χ4v) is 3.85.